The second-order valence-corrected chi connectivity index (χ2v) is 5.52. The summed E-state index contributed by atoms with van der Waals surface area (Å²) in [5.41, 5.74) is 3.97. The van der Waals surface area contributed by atoms with Crippen molar-refractivity contribution in [1.29, 1.82) is 0 Å². The molecule has 2 amide bonds. The Morgan fingerprint density at radius 3 is 2.39 bits per heavy atom. The first-order valence-electron chi connectivity index (χ1n) is 6.98. The Kier molecular flexibility index (Phi) is 6.38. The van der Waals surface area contributed by atoms with Crippen LogP contribution in [0.15, 0.2) is 64.6 Å². The Morgan fingerprint density at radius 1 is 1.04 bits per heavy atom. The van der Waals surface area contributed by atoms with E-state index in [-0.39, 0.29) is 0 Å². The first kappa shape index (κ1) is 16.8. The molecule has 0 saturated carbocycles. The van der Waals surface area contributed by atoms with E-state index in [0.29, 0.717) is 6.54 Å². The lowest BCUT2D eigenvalue weighted by molar-refractivity contribution is -0.139. The topological polar surface area (TPSA) is 70.6 Å². The van der Waals surface area contributed by atoms with E-state index in [1.807, 2.05) is 60.9 Å². The second-order valence-electron chi connectivity index (χ2n) is 4.64. The van der Waals surface area contributed by atoms with Gasteiger partial charge in [-0.1, -0.05) is 42.5 Å². The summed E-state index contributed by atoms with van der Waals surface area (Å²) in [4.78, 5) is 24.4. The van der Waals surface area contributed by atoms with E-state index in [0.717, 1.165) is 16.0 Å². The van der Waals surface area contributed by atoms with Gasteiger partial charge in [-0.05, 0) is 29.5 Å². The molecule has 0 aliphatic carbocycles. The fourth-order valence-electron chi connectivity index (χ4n) is 1.76. The van der Waals surface area contributed by atoms with E-state index in [9.17, 15) is 9.59 Å². The van der Waals surface area contributed by atoms with Gasteiger partial charge < -0.3 is 5.32 Å². The summed E-state index contributed by atoms with van der Waals surface area (Å²) >= 11 is 1.65. The molecule has 0 radical (unpaired) electrons. The van der Waals surface area contributed by atoms with Crippen molar-refractivity contribution in [3.63, 3.8) is 0 Å². The highest BCUT2D eigenvalue weighted by Crippen LogP contribution is 2.13. The number of benzene rings is 2. The maximum Gasteiger partial charge on any atom is 0.329 e. The third kappa shape index (κ3) is 5.60. The molecule has 5 nitrogen and oxygen atoms in total. The maximum atomic E-state index is 11.6. The molecule has 2 aromatic carbocycles. The van der Waals surface area contributed by atoms with Gasteiger partial charge in [0.15, 0.2) is 0 Å². The number of nitrogens with zero attached hydrogens (tertiary/aromatic N) is 1. The van der Waals surface area contributed by atoms with Gasteiger partial charge >= 0.3 is 11.8 Å². The summed E-state index contributed by atoms with van der Waals surface area (Å²) in [5, 5.41) is 6.32. The predicted octanol–water partition coefficient (Wildman–Crippen LogP) is 2.17. The van der Waals surface area contributed by atoms with Gasteiger partial charge in [-0.2, -0.15) is 5.10 Å². The van der Waals surface area contributed by atoms with E-state index in [4.69, 9.17) is 0 Å². The Morgan fingerprint density at radius 2 is 1.74 bits per heavy atom. The van der Waals surface area contributed by atoms with E-state index < -0.39 is 11.8 Å². The highest BCUT2D eigenvalue weighted by molar-refractivity contribution is 7.98. The second kappa shape index (κ2) is 8.75. The molecule has 0 aliphatic rings. The van der Waals surface area contributed by atoms with Crippen LogP contribution in [0.25, 0.3) is 0 Å². The van der Waals surface area contributed by atoms with Crippen LogP contribution >= 0.6 is 11.8 Å². The minimum atomic E-state index is -0.794. The van der Waals surface area contributed by atoms with Crippen molar-refractivity contribution in [1.82, 2.24) is 10.7 Å². The largest absolute Gasteiger partial charge is 0.344 e. The van der Waals surface area contributed by atoms with Crippen molar-refractivity contribution >= 4 is 29.8 Å². The first-order valence-corrected chi connectivity index (χ1v) is 8.21. The van der Waals surface area contributed by atoms with Crippen LogP contribution < -0.4 is 10.7 Å². The van der Waals surface area contributed by atoms with Crippen LogP contribution in [0.2, 0.25) is 0 Å². The number of hydrogen-bond acceptors (Lipinski definition) is 4. The van der Waals surface area contributed by atoms with Gasteiger partial charge in [-0.3, -0.25) is 9.59 Å². The van der Waals surface area contributed by atoms with Crippen LogP contribution in [0.1, 0.15) is 11.1 Å². The number of carbonyl (C=O) groups is 2. The smallest absolute Gasteiger partial charge is 0.329 e. The SMILES string of the molecule is CSc1ccc(/C=N\NC(=O)C(=O)NCc2ccccc2)cc1. The van der Waals surface area contributed by atoms with Gasteiger partial charge in [0.1, 0.15) is 0 Å². The fraction of sp³-hybridized carbons (Fsp3) is 0.118. The van der Waals surface area contributed by atoms with Crippen LogP contribution in [-0.2, 0) is 16.1 Å². The van der Waals surface area contributed by atoms with Gasteiger partial charge in [-0.25, -0.2) is 5.43 Å². The van der Waals surface area contributed by atoms with Crippen LogP contribution in [0.3, 0.4) is 0 Å². The molecule has 23 heavy (non-hydrogen) atoms. The lowest BCUT2D eigenvalue weighted by atomic mass is 10.2. The standard InChI is InChI=1S/C17H17N3O2S/c1-23-15-9-7-14(8-10-15)12-19-20-17(22)16(21)18-11-13-5-3-2-4-6-13/h2-10,12H,11H2,1H3,(H,18,21)(H,20,22)/b19-12-. The molecule has 0 fully saturated rings. The molecule has 0 spiro atoms. The zero-order valence-electron chi connectivity index (χ0n) is 12.7. The summed E-state index contributed by atoms with van der Waals surface area (Å²) in [6.45, 7) is 0.299. The van der Waals surface area contributed by atoms with E-state index in [1.165, 1.54) is 6.21 Å². The Labute approximate surface area is 139 Å². The quantitative estimate of drug-likeness (QED) is 0.383. The molecular weight excluding hydrogens is 310 g/mol. The normalized spacial score (nSPS) is 10.5. The summed E-state index contributed by atoms with van der Waals surface area (Å²) in [5.74, 6) is -1.51. The highest BCUT2D eigenvalue weighted by Gasteiger charge is 2.11. The molecular formula is C17H17N3O2S. The van der Waals surface area contributed by atoms with E-state index in [2.05, 4.69) is 15.8 Å². The molecule has 0 bridgehead atoms. The van der Waals surface area contributed by atoms with Gasteiger partial charge in [0.25, 0.3) is 0 Å². The number of thioether (sulfide) groups is 1. The number of hydrazone groups is 1. The number of carbonyl (C=O) groups excluding carboxylic acids is 2. The number of hydrogen-bond donors (Lipinski definition) is 2. The van der Waals surface area contributed by atoms with Crippen LogP contribution in [-0.4, -0.2) is 24.3 Å². The Hall–Kier alpha value is -2.60. The molecule has 2 rings (SSSR count). The summed E-state index contributed by atoms with van der Waals surface area (Å²) in [7, 11) is 0. The molecule has 118 valence electrons. The number of rotatable bonds is 5. The minimum absolute atomic E-state index is 0.299. The Balaban J connectivity index is 1.79. The van der Waals surface area contributed by atoms with Crippen molar-refractivity contribution in [2.45, 2.75) is 11.4 Å². The average Bonchev–Trinajstić information content (AvgIpc) is 2.61. The molecule has 0 heterocycles. The van der Waals surface area contributed by atoms with Crippen LogP contribution in [0.4, 0.5) is 0 Å². The van der Waals surface area contributed by atoms with Crippen molar-refractivity contribution < 1.29 is 9.59 Å². The highest BCUT2D eigenvalue weighted by atomic mass is 32.2. The summed E-state index contributed by atoms with van der Waals surface area (Å²) in [6, 6.07) is 17.1. The van der Waals surface area contributed by atoms with Crippen molar-refractivity contribution in [2.24, 2.45) is 5.10 Å². The predicted molar refractivity (Wildman–Crippen MR) is 92.2 cm³/mol. The lowest BCUT2D eigenvalue weighted by Crippen LogP contribution is -2.37. The first-order chi connectivity index (χ1) is 11.2. The average molecular weight is 327 g/mol. The Bertz CT molecular complexity index is 685. The van der Waals surface area contributed by atoms with Gasteiger partial charge in [0.2, 0.25) is 0 Å². The van der Waals surface area contributed by atoms with Gasteiger partial charge in [-0.15, -0.1) is 11.8 Å². The van der Waals surface area contributed by atoms with E-state index in [1.54, 1.807) is 11.8 Å². The zero-order chi connectivity index (χ0) is 16.5. The monoisotopic (exact) mass is 327 g/mol. The van der Waals surface area contributed by atoms with Gasteiger partial charge in [0, 0.05) is 11.4 Å². The van der Waals surface area contributed by atoms with E-state index >= 15 is 0 Å². The van der Waals surface area contributed by atoms with Crippen LogP contribution in [0.5, 0.6) is 0 Å². The van der Waals surface area contributed by atoms with Gasteiger partial charge in [0.05, 0.1) is 6.21 Å². The minimum Gasteiger partial charge on any atom is -0.344 e. The molecule has 0 unspecified atom stereocenters. The van der Waals surface area contributed by atoms with Crippen LogP contribution in [0, 0.1) is 0 Å². The van der Waals surface area contributed by atoms with Crippen molar-refractivity contribution in [3.05, 3.63) is 65.7 Å². The summed E-state index contributed by atoms with van der Waals surface area (Å²) < 4.78 is 0. The molecule has 0 aromatic heterocycles. The molecule has 6 heteroatoms. The molecule has 0 atom stereocenters. The molecule has 2 aromatic rings. The lowest BCUT2D eigenvalue weighted by Gasteiger charge is -2.03. The molecule has 0 aliphatic heterocycles. The third-order valence-corrected chi connectivity index (χ3v) is 3.74. The molecule has 2 N–H and O–H groups in total. The number of amides is 2. The maximum absolute atomic E-state index is 11.6. The zero-order valence-corrected chi connectivity index (χ0v) is 13.5. The fourth-order valence-corrected chi connectivity index (χ4v) is 2.17. The van der Waals surface area contributed by atoms with Crippen molar-refractivity contribution in [3.8, 4) is 0 Å². The number of nitrogens with one attached hydrogen (secondary N) is 2. The third-order valence-electron chi connectivity index (χ3n) is 3.00. The summed E-state index contributed by atoms with van der Waals surface area (Å²) in [6.07, 6.45) is 3.49. The van der Waals surface area contributed by atoms with Crippen molar-refractivity contribution in [2.75, 3.05) is 6.26 Å². The molecule has 0 saturated heterocycles.